The quantitative estimate of drug-likeness (QED) is 0.753. The number of carbonyl (C=O) groups is 1. The van der Waals surface area contributed by atoms with E-state index in [1.165, 1.54) is 4.52 Å². The second-order valence-electron chi connectivity index (χ2n) is 4.82. The van der Waals surface area contributed by atoms with Gasteiger partial charge in [-0.3, -0.25) is 9.89 Å². The lowest BCUT2D eigenvalue weighted by molar-refractivity contribution is 0.0698. The van der Waals surface area contributed by atoms with Crippen LogP contribution in [0.2, 0.25) is 0 Å². The Bertz CT molecular complexity index is 907. The fraction of sp³-hybridized carbons (Fsp3) is 0.133. The summed E-state index contributed by atoms with van der Waals surface area (Å²) in [4.78, 5) is 28.2. The van der Waals surface area contributed by atoms with E-state index in [1.807, 2.05) is 30.3 Å². The molecule has 0 fully saturated rings. The highest BCUT2D eigenvalue weighted by Crippen LogP contribution is 2.20. The van der Waals surface area contributed by atoms with E-state index in [2.05, 4.69) is 10.1 Å². The number of hydrogen-bond donors (Lipinski definition) is 2. The monoisotopic (exact) mass is 283 g/mol. The number of carboxylic acids is 1. The number of aryl methyl sites for hydroxylation is 2. The maximum Gasteiger partial charge on any atom is 0.341 e. The Labute approximate surface area is 119 Å². The number of hydrogen-bond acceptors (Lipinski definition) is 3. The van der Waals surface area contributed by atoms with Gasteiger partial charge >= 0.3 is 5.97 Å². The molecule has 2 N–H and O–H groups in total. The van der Waals surface area contributed by atoms with E-state index < -0.39 is 5.97 Å². The molecule has 0 unspecified atom stereocenters. The van der Waals surface area contributed by atoms with E-state index >= 15 is 0 Å². The Hall–Kier alpha value is -2.89. The summed E-state index contributed by atoms with van der Waals surface area (Å²) in [6.45, 7) is 3.31. The Balaban J connectivity index is 2.42. The molecule has 0 aliphatic carbocycles. The van der Waals surface area contributed by atoms with Crippen LogP contribution in [-0.4, -0.2) is 25.7 Å². The second kappa shape index (κ2) is 4.59. The molecule has 0 spiro atoms. The third-order valence-electron chi connectivity index (χ3n) is 3.42. The van der Waals surface area contributed by atoms with Crippen LogP contribution >= 0.6 is 0 Å². The van der Waals surface area contributed by atoms with Gasteiger partial charge in [-0.15, -0.1) is 0 Å². The maximum atomic E-state index is 12.6. The molecule has 0 saturated heterocycles. The topological polar surface area (TPSA) is 87.5 Å². The first kappa shape index (κ1) is 13.1. The highest BCUT2D eigenvalue weighted by Gasteiger charge is 2.20. The third kappa shape index (κ3) is 1.92. The van der Waals surface area contributed by atoms with E-state index in [0.29, 0.717) is 17.0 Å². The summed E-state index contributed by atoms with van der Waals surface area (Å²) in [5.74, 6) is -1.11. The summed E-state index contributed by atoms with van der Waals surface area (Å²) in [6, 6.07) is 9.19. The van der Waals surface area contributed by atoms with Crippen molar-refractivity contribution in [1.29, 1.82) is 0 Å². The van der Waals surface area contributed by atoms with Crippen LogP contribution in [0.3, 0.4) is 0 Å². The number of rotatable bonds is 2. The van der Waals surface area contributed by atoms with Crippen LogP contribution in [0.4, 0.5) is 0 Å². The molecule has 0 aliphatic heterocycles. The van der Waals surface area contributed by atoms with Gasteiger partial charge in [0, 0.05) is 5.69 Å². The van der Waals surface area contributed by atoms with Crippen molar-refractivity contribution in [3.8, 4) is 11.1 Å². The fourth-order valence-corrected chi connectivity index (χ4v) is 2.48. The summed E-state index contributed by atoms with van der Waals surface area (Å²) in [5.41, 5.74) is 1.98. The molecule has 6 nitrogen and oxygen atoms in total. The summed E-state index contributed by atoms with van der Waals surface area (Å²) < 4.78 is 1.19. The van der Waals surface area contributed by atoms with Crippen molar-refractivity contribution in [2.75, 3.05) is 0 Å². The lowest BCUT2D eigenvalue weighted by Crippen LogP contribution is -2.19. The van der Waals surface area contributed by atoms with Crippen molar-refractivity contribution in [2.45, 2.75) is 13.8 Å². The molecule has 0 saturated carbocycles. The predicted octanol–water partition coefficient (Wildman–Crippen LogP) is 2.00. The second-order valence-corrected chi connectivity index (χ2v) is 4.82. The largest absolute Gasteiger partial charge is 0.477 e. The van der Waals surface area contributed by atoms with E-state index in [4.69, 9.17) is 0 Å². The molecule has 106 valence electrons. The zero-order chi connectivity index (χ0) is 15.1. The normalized spacial score (nSPS) is 11.0. The highest BCUT2D eigenvalue weighted by molar-refractivity contribution is 5.95. The first-order chi connectivity index (χ1) is 10.0. The van der Waals surface area contributed by atoms with Gasteiger partial charge in [0.15, 0.2) is 5.65 Å². The van der Waals surface area contributed by atoms with E-state index in [1.54, 1.807) is 13.8 Å². The molecular formula is C15H13N3O3. The SMILES string of the molecule is Cc1nc2c(C(=O)O)c(C)[nH]n2c(=O)c1-c1ccccc1. The summed E-state index contributed by atoms with van der Waals surface area (Å²) >= 11 is 0. The molecule has 0 amide bonds. The summed E-state index contributed by atoms with van der Waals surface area (Å²) in [7, 11) is 0. The Morgan fingerprint density at radius 2 is 1.90 bits per heavy atom. The van der Waals surface area contributed by atoms with Crippen LogP contribution in [0.1, 0.15) is 21.7 Å². The van der Waals surface area contributed by atoms with Crippen molar-refractivity contribution in [3.05, 3.63) is 57.6 Å². The minimum absolute atomic E-state index is 0.0230. The molecule has 2 heterocycles. The van der Waals surface area contributed by atoms with Crippen LogP contribution in [0, 0.1) is 13.8 Å². The van der Waals surface area contributed by atoms with Crippen molar-refractivity contribution in [3.63, 3.8) is 0 Å². The summed E-state index contributed by atoms with van der Waals surface area (Å²) in [5, 5.41) is 12.0. The Kier molecular flexibility index (Phi) is 2.86. The molecule has 2 aromatic heterocycles. The average Bonchev–Trinajstić information content (AvgIpc) is 2.76. The molecule has 3 rings (SSSR count). The van der Waals surface area contributed by atoms with Crippen molar-refractivity contribution < 1.29 is 9.90 Å². The highest BCUT2D eigenvalue weighted by atomic mass is 16.4. The molecule has 6 heteroatoms. The summed E-state index contributed by atoms with van der Waals surface area (Å²) in [6.07, 6.45) is 0. The molecule has 21 heavy (non-hydrogen) atoms. The first-order valence-electron chi connectivity index (χ1n) is 6.41. The zero-order valence-electron chi connectivity index (χ0n) is 11.5. The van der Waals surface area contributed by atoms with Crippen LogP contribution in [-0.2, 0) is 0 Å². The Morgan fingerprint density at radius 1 is 1.24 bits per heavy atom. The number of fused-ring (bicyclic) bond motifs is 1. The minimum Gasteiger partial charge on any atom is -0.477 e. The Morgan fingerprint density at radius 3 is 2.52 bits per heavy atom. The van der Waals surface area contributed by atoms with Gasteiger partial charge in [-0.1, -0.05) is 30.3 Å². The van der Waals surface area contributed by atoms with Gasteiger partial charge in [-0.05, 0) is 19.4 Å². The van der Waals surface area contributed by atoms with E-state index in [9.17, 15) is 14.7 Å². The molecule has 1 aromatic carbocycles. The number of nitrogens with one attached hydrogen (secondary N) is 1. The van der Waals surface area contributed by atoms with E-state index in [-0.39, 0.29) is 16.8 Å². The molecule has 0 atom stereocenters. The van der Waals surface area contributed by atoms with Gasteiger partial charge in [0.25, 0.3) is 5.56 Å². The van der Waals surface area contributed by atoms with Crippen molar-refractivity contribution in [1.82, 2.24) is 14.6 Å². The van der Waals surface area contributed by atoms with Crippen LogP contribution in [0.5, 0.6) is 0 Å². The average molecular weight is 283 g/mol. The van der Waals surface area contributed by atoms with Crippen molar-refractivity contribution in [2.24, 2.45) is 0 Å². The molecular weight excluding hydrogens is 270 g/mol. The van der Waals surface area contributed by atoms with Crippen LogP contribution in [0.15, 0.2) is 35.1 Å². The maximum absolute atomic E-state index is 12.6. The molecule has 0 radical (unpaired) electrons. The van der Waals surface area contributed by atoms with Crippen LogP contribution in [0.25, 0.3) is 16.8 Å². The molecule has 0 bridgehead atoms. The standard InChI is InChI=1S/C15H13N3O3/c1-8-11(10-6-4-3-5-7-10)14(19)18-13(16-8)12(15(20)21)9(2)17-18/h3-7,17H,1-2H3,(H,20,21). The van der Waals surface area contributed by atoms with E-state index in [0.717, 1.165) is 5.56 Å². The first-order valence-corrected chi connectivity index (χ1v) is 6.41. The molecule has 0 aliphatic rings. The minimum atomic E-state index is -1.11. The van der Waals surface area contributed by atoms with Crippen LogP contribution < -0.4 is 5.56 Å². The fourth-order valence-electron chi connectivity index (χ4n) is 2.48. The van der Waals surface area contributed by atoms with Gasteiger partial charge in [-0.2, -0.15) is 4.52 Å². The number of H-pyrrole nitrogens is 1. The third-order valence-corrected chi connectivity index (χ3v) is 3.42. The lowest BCUT2D eigenvalue weighted by atomic mass is 10.1. The van der Waals surface area contributed by atoms with Crippen molar-refractivity contribution >= 4 is 11.6 Å². The lowest BCUT2D eigenvalue weighted by Gasteiger charge is -2.05. The van der Waals surface area contributed by atoms with Gasteiger partial charge < -0.3 is 5.11 Å². The number of aromatic nitrogens is 3. The van der Waals surface area contributed by atoms with Gasteiger partial charge in [-0.25, -0.2) is 9.78 Å². The van der Waals surface area contributed by atoms with Gasteiger partial charge in [0.05, 0.1) is 11.3 Å². The predicted molar refractivity (Wildman–Crippen MR) is 77.7 cm³/mol. The number of benzene rings is 1. The zero-order valence-corrected chi connectivity index (χ0v) is 11.5. The van der Waals surface area contributed by atoms with Gasteiger partial charge in [0.1, 0.15) is 5.56 Å². The smallest absolute Gasteiger partial charge is 0.341 e. The number of carboxylic acid groups (broad SMARTS) is 1. The van der Waals surface area contributed by atoms with Gasteiger partial charge in [0.2, 0.25) is 0 Å². The molecule has 3 aromatic rings. The number of nitrogens with zero attached hydrogens (tertiary/aromatic N) is 2. The number of aromatic carboxylic acids is 1. The number of aromatic amines is 1.